The highest BCUT2D eigenvalue weighted by atomic mass is 79.9. The van der Waals surface area contributed by atoms with Crippen molar-refractivity contribution in [3.63, 3.8) is 0 Å². The fourth-order valence-corrected chi connectivity index (χ4v) is 4.57. The molecule has 0 aromatic heterocycles. The second kappa shape index (κ2) is 5.83. The molecule has 1 fully saturated rings. The molecule has 7 heteroatoms. The Hall–Kier alpha value is -0.920. The minimum absolute atomic E-state index is 0.130. The van der Waals surface area contributed by atoms with Gasteiger partial charge in [-0.3, -0.25) is 4.79 Å². The number of rotatable bonds is 6. The molecule has 5 nitrogen and oxygen atoms in total. The monoisotopic (exact) mass is 361 g/mol. The van der Waals surface area contributed by atoms with E-state index in [0.717, 1.165) is 18.4 Å². The highest BCUT2D eigenvalue weighted by Gasteiger charge is 2.36. The largest absolute Gasteiger partial charge is 0.481 e. The van der Waals surface area contributed by atoms with Crippen LogP contribution in [0.15, 0.2) is 27.6 Å². The minimum Gasteiger partial charge on any atom is -0.481 e. The molecule has 110 valence electrons. The summed E-state index contributed by atoms with van der Waals surface area (Å²) in [5, 5.41) is 8.87. The Morgan fingerprint density at radius 3 is 2.65 bits per heavy atom. The molecule has 1 aliphatic carbocycles. The molecule has 1 atom stereocenters. The first-order chi connectivity index (χ1) is 9.29. The van der Waals surface area contributed by atoms with Crippen molar-refractivity contribution in [2.24, 2.45) is 5.92 Å². The van der Waals surface area contributed by atoms with Gasteiger partial charge in [0, 0.05) is 10.5 Å². The molecule has 1 saturated carbocycles. The predicted octanol–water partition coefficient (Wildman–Crippen LogP) is 2.29. The van der Waals surface area contributed by atoms with E-state index in [0.29, 0.717) is 4.47 Å². The topological polar surface area (TPSA) is 83.5 Å². The summed E-state index contributed by atoms with van der Waals surface area (Å²) >= 11 is 3.24. The molecular formula is C13H16BrNO4S. The number of hydrogen-bond donors (Lipinski definition) is 2. The van der Waals surface area contributed by atoms with E-state index in [1.54, 1.807) is 12.1 Å². The number of sulfonamides is 1. The summed E-state index contributed by atoms with van der Waals surface area (Å²) in [6, 6.07) is 4.42. The molecular weight excluding hydrogens is 346 g/mol. The van der Waals surface area contributed by atoms with Gasteiger partial charge in [-0.05, 0) is 59.3 Å². The first-order valence-electron chi connectivity index (χ1n) is 6.30. The summed E-state index contributed by atoms with van der Waals surface area (Å²) in [6.07, 6.45) is 1.55. The van der Waals surface area contributed by atoms with Crippen LogP contribution in [0.4, 0.5) is 0 Å². The number of nitrogens with one attached hydrogen (secondary N) is 1. The molecule has 0 amide bonds. The van der Waals surface area contributed by atoms with E-state index in [9.17, 15) is 13.2 Å². The molecule has 2 N–H and O–H groups in total. The molecule has 0 spiro atoms. The zero-order valence-corrected chi connectivity index (χ0v) is 13.4. The number of aryl methyl sites for hydroxylation is 1. The Labute approximate surface area is 126 Å². The lowest BCUT2D eigenvalue weighted by molar-refractivity contribution is -0.137. The third-order valence-corrected chi connectivity index (χ3v) is 5.74. The predicted molar refractivity (Wildman–Crippen MR) is 78.0 cm³/mol. The lowest BCUT2D eigenvalue weighted by Crippen LogP contribution is -2.38. The van der Waals surface area contributed by atoms with Gasteiger partial charge in [-0.15, -0.1) is 0 Å². The molecule has 0 heterocycles. The standard InChI is InChI=1S/C13H16BrNO4S/c1-8-2-5-12(10(14)6-8)20(18,19)15-11(7-13(16)17)9-3-4-9/h2,5-6,9,11,15H,3-4,7H2,1H3,(H,16,17). The Bertz CT molecular complexity index is 625. The van der Waals surface area contributed by atoms with Crippen LogP contribution in [0.2, 0.25) is 0 Å². The first-order valence-corrected chi connectivity index (χ1v) is 8.57. The van der Waals surface area contributed by atoms with Gasteiger partial charge in [-0.25, -0.2) is 13.1 Å². The van der Waals surface area contributed by atoms with Crippen molar-refractivity contribution in [2.75, 3.05) is 0 Å². The molecule has 0 aliphatic heterocycles. The molecule has 20 heavy (non-hydrogen) atoms. The normalized spacial score (nSPS) is 16.9. The van der Waals surface area contributed by atoms with E-state index < -0.39 is 22.0 Å². The van der Waals surface area contributed by atoms with Crippen LogP contribution in [0.1, 0.15) is 24.8 Å². The number of carbonyl (C=O) groups is 1. The maximum atomic E-state index is 12.4. The number of hydrogen-bond acceptors (Lipinski definition) is 3. The third-order valence-electron chi connectivity index (χ3n) is 3.27. The second-order valence-corrected chi connectivity index (χ2v) is 7.63. The number of aliphatic carboxylic acids is 1. The van der Waals surface area contributed by atoms with Crippen molar-refractivity contribution in [1.29, 1.82) is 0 Å². The first kappa shape index (κ1) is 15.5. The summed E-state index contributed by atoms with van der Waals surface area (Å²) < 4.78 is 27.7. The summed E-state index contributed by atoms with van der Waals surface area (Å²) in [6.45, 7) is 1.87. The lowest BCUT2D eigenvalue weighted by atomic mass is 10.1. The van der Waals surface area contributed by atoms with Gasteiger partial charge in [0.15, 0.2) is 0 Å². The zero-order chi connectivity index (χ0) is 14.9. The summed E-state index contributed by atoms with van der Waals surface area (Å²) in [7, 11) is -3.72. The molecule has 1 aliphatic rings. The molecule has 1 aromatic rings. The number of benzene rings is 1. The van der Waals surface area contributed by atoms with Crippen molar-refractivity contribution < 1.29 is 18.3 Å². The van der Waals surface area contributed by atoms with Gasteiger partial charge < -0.3 is 5.11 Å². The quantitative estimate of drug-likeness (QED) is 0.813. The van der Waals surface area contributed by atoms with Crippen LogP contribution in [0.5, 0.6) is 0 Å². The van der Waals surface area contributed by atoms with Gasteiger partial charge in [-0.2, -0.15) is 0 Å². The Morgan fingerprint density at radius 2 is 2.15 bits per heavy atom. The van der Waals surface area contributed by atoms with Crippen molar-refractivity contribution >= 4 is 31.9 Å². The van der Waals surface area contributed by atoms with E-state index in [-0.39, 0.29) is 17.2 Å². The SMILES string of the molecule is Cc1ccc(S(=O)(=O)NC(CC(=O)O)C2CC2)c(Br)c1. The summed E-state index contributed by atoms with van der Waals surface area (Å²) in [4.78, 5) is 11.0. The van der Waals surface area contributed by atoms with Crippen molar-refractivity contribution in [2.45, 2.75) is 37.1 Å². The van der Waals surface area contributed by atoms with Crippen LogP contribution >= 0.6 is 15.9 Å². The molecule has 0 bridgehead atoms. The number of halogens is 1. The lowest BCUT2D eigenvalue weighted by Gasteiger charge is -2.17. The highest BCUT2D eigenvalue weighted by Crippen LogP contribution is 2.35. The van der Waals surface area contributed by atoms with Crippen molar-refractivity contribution in [3.8, 4) is 0 Å². The van der Waals surface area contributed by atoms with Crippen LogP contribution in [0.3, 0.4) is 0 Å². The molecule has 0 saturated heterocycles. The van der Waals surface area contributed by atoms with E-state index in [1.807, 2.05) is 6.92 Å². The van der Waals surface area contributed by atoms with E-state index in [4.69, 9.17) is 5.11 Å². The Balaban J connectivity index is 2.22. The average Bonchev–Trinajstić information content (AvgIpc) is 3.09. The van der Waals surface area contributed by atoms with Crippen molar-refractivity contribution in [3.05, 3.63) is 28.2 Å². The van der Waals surface area contributed by atoms with Crippen LogP contribution < -0.4 is 4.72 Å². The smallest absolute Gasteiger partial charge is 0.304 e. The minimum atomic E-state index is -3.72. The number of carboxylic acids is 1. The summed E-state index contributed by atoms with van der Waals surface area (Å²) in [5.41, 5.74) is 0.945. The average molecular weight is 362 g/mol. The third kappa shape index (κ3) is 3.80. The van der Waals surface area contributed by atoms with Crippen molar-refractivity contribution in [1.82, 2.24) is 4.72 Å². The Morgan fingerprint density at radius 1 is 1.50 bits per heavy atom. The van der Waals surface area contributed by atoms with Gasteiger partial charge in [0.2, 0.25) is 10.0 Å². The van der Waals surface area contributed by atoms with Gasteiger partial charge in [0.05, 0.1) is 11.3 Å². The highest BCUT2D eigenvalue weighted by molar-refractivity contribution is 9.10. The van der Waals surface area contributed by atoms with E-state index in [2.05, 4.69) is 20.7 Å². The van der Waals surface area contributed by atoms with Crippen LogP contribution in [-0.4, -0.2) is 25.5 Å². The van der Waals surface area contributed by atoms with Gasteiger partial charge in [-0.1, -0.05) is 6.07 Å². The fraction of sp³-hybridized carbons (Fsp3) is 0.462. The van der Waals surface area contributed by atoms with Crippen LogP contribution in [0.25, 0.3) is 0 Å². The van der Waals surface area contributed by atoms with E-state index in [1.165, 1.54) is 6.07 Å². The summed E-state index contributed by atoms with van der Waals surface area (Å²) in [5.74, 6) is -0.863. The van der Waals surface area contributed by atoms with Gasteiger partial charge in [0.1, 0.15) is 0 Å². The molecule has 2 rings (SSSR count). The van der Waals surface area contributed by atoms with Gasteiger partial charge >= 0.3 is 5.97 Å². The maximum absolute atomic E-state index is 12.4. The van der Waals surface area contributed by atoms with E-state index >= 15 is 0 Å². The zero-order valence-electron chi connectivity index (χ0n) is 11.0. The Kier molecular flexibility index (Phi) is 4.51. The van der Waals surface area contributed by atoms with Crippen LogP contribution in [-0.2, 0) is 14.8 Å². The van der Waals surface area contributed by atoms with Gasteiger partial charge in [0.25, 0.3) is 0 Å². The molecule has 1 aromatic carbocycles. The fourth-order valence-electron chi connectivity index (χ4n) is 2.08. The maximum Gasteiger partial charge on any atom is 0.304 e. The second-order valence-electron chi connectivity index (χ2n) is 5.10. The molecule has 1 unspecified atom stereocenters. The molecule has 0 radical (unpaired) electrons. The number of carboxylic acid groups (broad SMARTS) is 1. The van der Waals surface area contributed by atoms with Crippen LogP contribution in [0, 0.1) is 12.8 Å².